The molecule has 3 unspecified atom stereocenters. The van der Waals surface area contributed by atoms with Crippen molar-refractivity contribution in [2.24, 2.45) is 28.9 Å². The number of rotatable bonds is 3. The van der Waals surface area contributed by atoms with Gasteiger partial charge in [-0.3, -0.25) is 4.79 Å². The predicted molar refractivity (Wildman–Crippen MR) is 78.6 cm³/mol. The first-order valence-corrected chi connectivity index (χ1v) is 8.00. The fourth-order valence-electron chi connectivity index (χ4n) is 5.20. The number of primary amides is 1. The molecule has 0 saturated heterocycles. The molecule has 0 aliphatic heterocycles. The van der Waals surface area contributed by atoms with E-state index in [-0.39, 0.29) is 23.6 Å². The first-order chi connectivity index (χ1) is 10.6. The van der Waals surface area contributed by atoms with Gasteiger partial charge in [0.25, 0.3) is 0 Å². The summed E-state index contributed by atoms with van der Waals surface area (Å²) in [7, 11) is 0. The van der Waals surface area contributed by atoms with Gasteiger partial charge in [0.05, 0.1) is 5.41 Å². The second-order valence-corrected chi connectivity index (χ2v) is 7.17. The number of nitrogens with two attached hydrogens (primary N) is 1. The van der Waals surface area contributed by atoms with Crippen molar-refractivity contribution >= 4 is 11.9 Å². The average molecular weight is 300 g/mol. The number of amides is 1. The summed E-state index contributed by atoms with van der Waals surface area (Å²) in [6, 6.07) is 5.14. The molecular weight excluding hydrogens is 280 g/mol. The molecule has 1 aromatic rings. The van der Waals surface area contributed by atoms with Crippen molar-refractivity contribution in [1.29, 1.82) is 0 Å². The molecule has 0 spiro atoms. The number of ether oxygens (including phenoxy) is 1. The second kappa shape index (κ2) is 4.80. The Morgan fingerprint density at radius 3 is 2.50 bits per heavy atom. The van der Waals surface area contributed by atoms with Gasteiger partial charge >= 0.3 is 5.97 Å². The highest BCUT2D eigenvalue weighted by Crippen LogP contribution is 2.60. The maximum absolute atomic E-state index is 12.4. The summed E-state index contributed by atoms with van der Waals surface area (Å²) in [5.74, 6) is 0.653. The van der Waals surface area contributed by atoms with Crippen LogP contribution in [-0.2, 0) is 9.53 Å². The second-order valence-electron chi connectivity index (χ2n) is 7.17. The smallest absolute Gasteiger partial charge is 0.357 e. The molecular formula is C17H20N2O3. The highest BCUT2D eigenvalue weighted by Gasteiger charge is 2.61. The summed E-state index contributed by atoms with van der Waals surface area (Å²) in [5.41, 5.74) is 5.38. The van der Waals surface area contributed by atoms with Crippen LogP contribution in [0.3, 0.4) is 0 Å². The third-order valence-electron chi connectivity index (χ3n) is 5.82. The summed E-state index contributed by atoms with van der Waals surface area (Å²) in [6.07, 6.45) is 6.03. The molecule has 1 heterocycles. The highest BCUT2D eigenvalue weighted by atomic mass is 16.5. The lowest BCUT2D eigenvalue weighted by molar-refractivity contribution is -0.174. The standard InChI is InChI=1S/C17H20N2O3/c18-16(21)17-8-10-5-11(9-17)7-12(6-10)14(17)22-15(20)13-3-1-2-4-19-13/h1-4,10-12,14H,5-9H2,(H2,18,21). The predicted octanol–water partition coefficient (Wildman–Crippen LogP) is 1.92. The van der Waals surface area contributed by atoms with E-state index in [1.165, 1.54) is 6.42 Å². The molecule has 2 N–H and O–H groups in total. The molecule has 4 fully saturated rings. The Kier molecular flexibility index (Phi) is 2.99. The van der Waals surface area contributed by atoms with Crippen LogP contribution >= 0.6 is 0 Å². The molecule has 0 radical (unpaired) electrons. The van der Waals surface area contributed by atoms with Crippen LogP contribution in [-0.4, -0.2) is 23.0 Å². The van der Waals surface area contributed by atoms with Crippen molar-refractivity contribution in [3.05, 3.63) is 30.1 Å². The largest absolute Gasteiger partial charge is 0.456 e. The topological polar surface area (TPSA) is 82.3 Å². The zero-order chi connectivity index (χ0) is 15.3. The molecule has 4 bridgehead atoms. The number of hydrogen-bond acceptors (Lipinski definition) is 4. The number of hydrogen-bond donors (Lipinski definition) is 1. The van der Waals surface area contributed by atoms with Crippen molar-refractivity contribution in [3.63, 3.8) is 0 Å². The first kappa shape index (κ1) is 13.7. The van der Waals surface area contributed by atoms with Gasteiger partial charge in [0.1, 0.15) is 11.8 Å². The summed E-state index contributed by atoms with van der Waals surface area (Å²) in [4.78, 5) is 28.6. The van der Waals surface area contributed by atoms with E-state index in [1.807, 2.05) is 0 Å². The molecule has 1 amide bonds. The number of aromatic nitrogens is 1. The number of carbonyl (C=O) groups excluding carboxylic acids is 2. The Hall–Kier alpha value is -1.91. The molecule has 0 aromatic carbocycles. The van der Waals surface area contributed by atoms with Gasteiger partial charge in [-0.2, -0.15) is 0 Å². The molecule has 4 aliphatic carbocycles. The molecule has 1 aromatic heterocycles. The van der Waals surface area contributed by atoms with E-state index in [9.17, 15) is 9.59 Å². The van der Waals surface area contributed by atoms with E-state index in [4.69, 9.17) is 10.5 Å². The van der Waals surface area contributed by atoms with Gasteiger partial charge in [0.2, 0.25) is 5.91 Å². The van der Waals surface area contributed by atoms with Gasteiger partial charge in [-0.25, -0.2) is 9.78 Å². The maximum atomic E-state index is 12.4. The van der Waals surface area contributed by atoms with Crippen molar-refractivity contribution < 1.29 is 14.3 Å². The minimum Gasteiger partial charge on any atom is -0.456 e. The lowest BCUT2D eigenvalue weighted by atomic mass is 9.48. The van der Waals surface area contributed by atoms with Gasteiger partial charge < -0.3 is 10.5 Å². The van der Waals surface area contributed by atoms with E-state index in [0.29, 0.717) is 11.8 Å². The van der Waals surface area contributed by atoms with Crippen molar-refractivity contribution in [2.45, 2.75) is 38.2 Å². The molecule has 4 saturated carbocycles. The minimum absolute atomic E-state index is 0.270. The van der Waals surface area contributed by atoms with Crippen LogP contribution in [0.15, 0.2) is 24.4 Å². The molecule has 116 valence electrons. The Bertz CT molecular complexity index is 602. The lowest BCUT2D eigenvalue weighted by Gasteiger charge is -2.58. The molecule has 5 heteroatoms. The van der Waals surface area contributed by atoms with Crippen LogP contribution in [0.5, 0.6) is 0 Å². The number of esters is 1. The van der Waals surface area contributed by atoms with Gasteiger partial charge in [-0.1, -0.05) is 6.07 Å². The Balaban J connectivity index is 1.62. The fraction of sp³-hybridized carbons (Fsp3) is 0.588. The molecule has 22 heavy (non-hydrogen) atoms. The zero-order valence-corrected chi connectivity index (χ0v) is 12.4. The zero-order valence-electron chi connectivity index (χ0n) is 12.4. The number of pyridine rings is 1. The third-order valence-corrected chi connectivity index (χ3v) is 5.82. The van der Waals surface area contributed by atoms with Crippen molar-refractivity contribution in [2.75, 3.05) is 0 Å². The first-order valence-electron chi connectivity index (χ1n) is 8.00. The number of nitrogens with zero attached hydrogens (tertiary/aromatic N) is 1. The fourth-order valence-corrected chi connectivity index (χ4v) is 5.20. The van der Waals surface area contributed by atoms with E-state index in [2.05, 4.69) is 4.98 Å². The minimum atomic E-state index is -0.654. The van der Waals surface area contributed by atoms with Crippen LogP contribution in [0.4, 0.5) is 0 Å². The Labute approximate surface area is 129 Å². The van der Waals surface area contributed by atoms with Crippen LogP contribution in [0.1, 0.15) is 42.6 Å². The maximum Gasteiger partial charge on any atom is 0.357 e. The Morgan fingerprint density at radius 1 is 1.18 bits per heavy atom. The van der Waals surface area contributed by atoms with E-state index < -0.39 is 11.4 Å². The summed E-state index contributed by atoms with van der Waals surface area (Å²) in [5, 5.41) is 0. The quantitative estimate of drug-likeness (QED) is 0.865. The van der Waals surface area contributed by atoms with Gasteiger partial charge in [-0.05, 0) is 62.0 Å². The van der Waals surface area contributed by atoms with Crippen molar-refractivity contribution in [3.8, 4) is 0 Å². The average Bonchev–Trinajstić information content (AvgIpc) is 2.50. The van der Waals surface area contributed by atoms with E-state index in [0.717, 1.165) is 25.7 Å². The van der Waals surface area contributed by atoms with E-state index in [1.54, 1.807) is 24.4 Å². The lowest BCUT2D eigenvalue weighted by Crippen LogP contribution is -2.62. The van der Waals surface area contributed by atoms with Gasteiger partial charge in [-0.15, -0.1) is 0 Å². The SMILES string of the molecule is NC(=O)C12CC3CC(CC(C3)C1OC(=O)c1ccccn1)C2. The molecule has 4 aliphatic rings. The van der Waals surface area contributed by atoms with Crippen molar-refractivity contribution in [1.82, 2.24) is 4.98 Å². The van der Waals surface area contributed by atoms with Crippen LogP contribution in [0.2, 0.25) is 0 Å². The monoisotopic (exact) mass is 300 g/mol. The third kappa shape index (κ3) is 1.95. The highest BCUT2D eigenvalue weighted by molar-refractivity contribution is 5.88. The normalized spacial score (nSPS) is 38.7. The Morgan fingerprint density at radius 2 is 1.91 bits per heavy atom. The molecule has 5 rings (SSSR count). The molecule has 5 nitrogen and oxygen atoms in total. The summed E-state index contributed by atoms with van der Waals surface area (Å²) in [6.45, 7) is 0. The van der Waals surface area contributed by atoms with E-state index >= 15 is 0 Å². The van der Waals surface area contributed by atoms with Crippen LogP contribution < -0.4 is 5.73 Å². The van der Waals surface area contributed by atoms with Gasteiger partial charge in [0, 0.05) is 6.20 Å². The summed E-state index contributed by atoms with van der Waals surface area (Å²) >= 11 is 0. The van der Waals surface area contributed by atoms with Crippen LogP contribution in [0, 0.1) is 23.2 Å². The summed E-state index contributed by atoms with van der Waals surface area (Å²) < 4.78 is 5.78. The number of carbonyl (C=O) groups is 2. The van der Waals surface area contributed by atoms with Gasteiger partial charge in [0.15, 0.2) is 0 Å². The molecule has 3 atom stereocenters. The van der Waals surface area contributed by atoms with Crippen LogP contribution in [0.25, 0.3) is 0 Å².